The lowest BCUT2D eigenvalue weighted by atomic mass is 10.1. The van der Waals surface area contributed by atoms with Gasteiger partial charge in [-0.05, 0) is 51.5 Å². The Morgan fingerprint density at radius 3 is 2.30 bits per heavy atom. The van der Waals surface area contributed by atoms with Crippen LogP contribution in [0.15, 0.2) is 36.4 Å². The molecule has 106 valence electrons. The summed E-state index contributed by atoms with van der Waals surface area (Å²) >= 11 is 0. The van der Waals surface area contributed by atoms with Crippen molar-refractivity contribution in [1.82, 2.24) is 0 Å². The van der Waals surface area contributed by atoms with Gasteiger partial charge in [0, 0.05) is 0 Å². The number of benzene rings is 2. The molecule has 20 heavy (non-hydrogen) atoms. The van der Waals surface area contributed by atoms with Crippen LogP contribution in [0.2, 0.25) is 0 Å². The molecule has 3 heteroatoms. The van der Waals surface area contributed by atoms with Crippen molar-refractivity contribution in [1.29, 1.82) is 0 Å². The van der Waals surface area contributed by atoms with Crippen molar-refractivity contribution in [2.24, 2.45) is 0 Å². The van der Waals surface area contributed by atoms with E-state index in [4.69, 9.17) is 15.2 Å². The number of anilines is 1. The van der Waals surface area contributed by atoms with Gasteiger partial charge in [0.2, 0.25) is 0 Å². The highest BCUT2D eigenvalue weighted by atomic mass is 16.5. The van der Waals surface area contributed by atoms with Gasteiger partial charge in [0.25, 0.3) is 0 Å². The molecular weight excluding hydrogens is 250 g/mol. The minimum absolute atomic E-state index is 0.0775. The molecule has 0 spiro atoms. The summed E-state index contributed by atoms with van der Waals surface area (Å²) in [6.07, 6.45) is 0.0775. The first kappa shape index (κ1) is 14.3. The van der Waals surface area contributed by atoms with Crippen molar-refractivity contribution < 1.29 is 9.47 Å². The number of aryl methyl sites for hydroxylation is 2. The minimum Gasteiger partial charge on any atom is -0.489 e. The van der Waals surface area contributed by atoms with Crippen molar-refractivity contribution >= 4 is 5.69 Å². The molecule has 0 unspecified atom stereocenters. The molecule has 2 aromatic rings. The van der Waals surface area contributed by atoms with Crippen LogP contribution in [0.4, 0.5) is 5.69 Å². The Morgan fingerprint density at radius 1 is 0.950 bits per heavy atom. The van der Waals surface area contributed by atoms with E-state index in [0.29, 0.717) is 17.2 Å². The molecule has 2 rings (SSSR count). The van der Waals surface area contributed by atoms with Gasteiger partial charge in [-0.2, -0.15) is 0 Å². The summed E-state index contributed by atoms with van der Waals surface area (Å²) in [4.78, 5) is 0. The van der Waals surface area contributed by atoms with Crippen molar-refractivity contribution in [3.63, 3.8) is 0 Å². The van der Waals surface area contributed by atoms with Crippen LogP contribution < -0.4 is 15.2 Å². The normalized spacial score (nSPS) is 10.7. The van der Waals surface area contributed by atoms with Crippen LogP contribution in [-0.4, -0.2) is 6.10 Å². The summed E-state index contributed by atoms with van der Waals surface area (Å²) in [5.74, 6) is 2.08. The summed E-state index contributed by atoms with van der Waals surface area (Å²) in [5, 5.41) is 0. The van der Waals surface area contributed by atoms with Gasteiger partial charge in [-0.3, -0.25) is 0 Å². The van der Waals surface area contributed by atoms with Crippen molar-refractivity contribution in [2.75, 3.05) is 5.73 Å². The highest BCUT2D eigenvalue weighted by Gasteiger charge is 2.10. The average Bonchev–Trinajstić information content (AvgIpc) is 2.36. The molecule has 0 saturated heterocycles. The summed E-state index contributed by atoms with van der Waals surface area (Å²) in [6, 6.07) is 11.6. The van der Waals surface area contributed by atoms with Crippen LogP contribution in [0.1, 0.15) is 25.0 Å². The molecule has 0 radical (unpaired) electrons. The third kappa shape index (κ3) is 3.23. The second-order valence-corrected chi connectivity index (χ2v) is 5.21. The lowest BCUT2D eigenvalue weighted by Gasteiger charge is -2.16. The number of rotatable bonds is 4. The van der Waals surface area contributed by atoms with Crippen LogP contribution in [0, 0.1) is 13.8 Å². The van der Waals surface area contributed by atoms with Crippen LogP contribution in [0.5, 0.6) is 17.2 Å². The molecule has 0 aliphatic rings. The van der Waals surface area contributed by atoms with Gasteiger partial charge < -0.3 is 15.2 Å². The third-order valence-electron chi connectivity index (χ3n) is 2.94. The lowest BCUT2D eigenvalue weighted by Crippen LogP contribution is -2.07. The van der Waals surface area contributed by atoms with E-state index in [0.717, 1.165) is 11.3 Å². The number of hydrogen-bond donors (Lipinski definition) is 1. The van der Waals surface area contributed by atoms with Gasteiger partial charge in [0.1, 0.15) is 17.2 Å². The molecule has 2 aromatic carbocycles. The van der Waals surface area contributed by atoms with E-state index in [-0.39, 0.29) is 6.10 Å². The Balaban J connectivity index is 2.29. The van der Waals surface area contributed by atoms with Gasteiger partial charge in [-0.1, -0.05) is 23.8 Å². The second kappa shape index (κ2) is 5.87. The largest absolute Gasteiger partial charge is 0.489 e. The maximum Gasteiger partial charge on any atom is 0.154 e. The molecular formula is C17H21NO2. The molecule has 0 atom stereocenters. The predicted octanol–water partition coefficient (Wildman–Crippen LogP) is 4.47. The van der Waals surface area contributed by atoms with E-state index in [1.54, 1.807) is 0 Å². The van der Waals surface area contributed by atoms with E-state index in [1.807, 2.05) is 51.1 Å². The maximum atomic E-state index is 6.11. The monoisotopic (exact) mass is 271 g/mol. The molecule has 0 saturated carbocycles. The SMILES string of the molecule is Cc1ccc(Oc2cccc(OC(C)C)c2N)c(C)c1. The van der Waals surface area contributed by atoms with Gasteiger partial charge in [-0.15, -0.1) is 0 Å². The number of para-hydroxylation sites is 1. The first-order valence-electron chi connectivity index (χ1n) is 6.77. The van der Waals surface area contributed by atoms with Gasteiger partial charge in [0.05, 0.1) is 6.10 Å². The lowest BCUT2D eigenvalue weighted by molar-refractivity contribution is 0.243. The number of nitrogens with two attached hydrogens (primary N) is 1. The number of ether oxygens (including phenoxy) is 2. The molecule has 0 bridgehead atoms. The first-order chi connectivity index (χ1) is 9.47. The van der Waals surface area contributed by atoms with Crippen LogP contribution in [-0.2, 0) is 0 Å². The molecule has 0 aromatic heterocycles. The van der Waals surface area contributed by atoms with E-state index in [9.17, 15) is 0 Å². The van der Waals surface area contributed by atoms with Gasteiger partial charge in [-0.25, -0.2) is 0 Å². The van der Waals surface area contributed by atoms with Gasteiger partial charge >= 0.3 is 0 Å². The fraction of sp³-hybridized carbons (Fsp3) is 0.294. The summed E-state index contributed by atoms with van der Waals surface area (Å²) in [5.41, 5.74) is 8.93. The average molecular weight is 271 g/mol. The molecule has 0 fully saturated rings. The predicted molar refractivity (Wildman–Crippen MR) is 82.6 cm³/mol. The fourth-order valence-corrected chi connectivity index (χ4v) is 2.00. The third-order valence-corrected chi connectivity index (χ3v) is 2.94. The molecule has 0 aliphatic carbocycles. The Kier molecular flexibility index (Phi) is 4.18. The highest BCUT2D eigenvalue weighted by Crippen LogP contribution is 2.36. The smallest absolute Gasteiger partial charge is 0.154 e. The quantitative estimate of drug-likeness (QED) is 0.835. The van der Waals surface area contributed by atoms with E-state index < -0.39 is 0 Å². The fourth-order valence-electron chi connectivity index (χ4n) is 2.00. The Labute approximate surface area is 120 Å². The first-order valence-corrected chi connectivity index (χ1v) is 6.77. The molecule has 0 heterocycles. The van der Waals surface area contributed by atoms with Crippen molar-refractivity contribution in [3.8, 4) is 17.2 Å². The molecule has 0 amide bonds. The standard InChI is InChI=1S/C17H21NO2/c1-11(2)19-15-6-5-7-16(17(15)18)20-14-9-8-12(3)10-13(14)4/h5-11H,18H2,1-4H3. The number of hydrogen-bond acceptors (Lipinski definition) is 3. The van der Waals surface area contributed by atoms with E-state index in [2.05, 4.69) is 13.0 Å². The highest BCUT2D eigenvalue weighted by molar-refractivity contribution is 5.63. The zero-order chi connectivity index (χ0) is 14.7. The maximum absolute atomic E-state index is 6.11. The Hall–Kier alpha value is -2.16. The molecule has 3 nitrogen and oxygen atoms in total. The summed E-state index contributed by atoms with van der Waals surface area (Å²) in [7, 11) is 0. The molecule has 2 N–H and O–H groups in total. The Bertz CT molecular complexity index is 606. The van der Waals surface area contributed by atoms with Crippen LogP contribution in [0.3, 0.4) is 0 Å². The van der Waals surface area contributed by atoms with Crippen molar-refractivity contribution in [3.05, 3.63) is 47.5 Å². The Morgan fingerprint density at radius 2 is 1.65 bits per heavy atom. The number of nitrogen functional groups attached to an aromatic ring is 1. The van der Waals surface area contributed by atoms with Crippen LogP contribution in [0.25, 0.3) is 0 Å². The van der Waals surface area contributed by atoms with Gasteiger partial charge in [0.15, 0.2) is 5.75 Å². The topological polar surface area (TPSA) is 44.5 Å². The second-order valence-electron chi connectivity index (χ2n) is 5.21. The zero-order valence-corrected chi connectivity index (χ0v) is 12.4. The van der Waals surface area contributed by atoms with Crippen LogP contribution >= 0.6 is 0 Å². The van der Waals surface area contributed by atoms with Crippen molar-refractivity contribution in [2.45, 2.75) is 33.8 Å². The van der Waals surface area contributed by atoms with E-state index in [1.165, 1.54) is 5.56 Å². The summed E-state index contributed by atoms with van der Waals surface area (Å²) in [6.45, 7) is 8.02. The minimum atomic E-state index is 0.0775. The van der Waals surface area contributed by atoms with E-state index >= 15 is 0 Å². The summed E-state index contributed by atoms with van der Waals surface area (Å²) < 4.78 is 11.6. The molecule has 0 aliphatic heterocycles. The zero-order valence-electron chi connectivity index (χ0n) is 12.4.